The average molecular weight is 186 g/mol. The van der Waals surface area contributed by atoms with E-state index in [9.17, 15) is 0 Å². The molecule has 0 radical (unpaired) electrons. The standard InChI is InChI=1S/C12H10O2/c1-9-7-11-8-10(3-2-6-13)4-5-12(11)14-9/h4-5,7-8,13H,6H2,1H3. The van der Waals surface area contributed by atoms with Crippen molar-refractivity contribution in [2.45, 2.75) is 6.92 Å². The number of aliphatic hydroxyl groups is 1. The SMILES string of the molecule is Cc1cc2cc(C#CCO)ccc2o1. The maximum absolute atomic E-state index is 8.55. The number of aliphatic hydroxyl groups excluding tert-OH is 1. The lowest BCUT2D eigenvalue weighted by atomic mass is 10.1. The third-order valence-electron chi connectivity index (χ3n) is 1.95. The van der Waals surface area contributed by atoms with Gasteiger partial charge in [0.1, 0.15) is 18.0 Å². The number of fused-ring (bicyclic) bond motifs is 1. The lowest BCUT2D eigenvalue weighted by molar-refractivity contribution is 0.350. The molecule has 0 amide bonds. The van der Waals surface area contributed by atoms with Crippen LogP contribution in [0.5, 0.6) is 0 Å². The molecule has 0 aliphatic rings. The Morgan fingerprint density at radius 2 is 2.21 bits per heavy atom. The van der Waals surface area contributed by atoms with E-state index in [1.807, 2.05) is 31.2 Å². The maximum Gasteiger partial charge on any atom is 0.134 e. The highest BCUT2D eigenvalue weighted by atomic mass is 16.3. The van der Waals surface area contributed by atoms with Crippen molar-refractivity contribution in [1.29, 1.82) is 0 Å². The first-order chi connectivity index (χ1) is 6.79. The molecule has 0 aliphatic carbocycles. The van der Waals surface area contributed by atoms with Crippen molar-refractivity contribution < 1.29 is 9.52 Å². The monoisotopic (exact) mass is 186 g/mol. The Bertz CT molecular complexity index is 512. The van der Waals surface area contributed by atoms with E-state index in [1.165, 1.54) is 0 Å². The molecule has 1 N–H and O–H groups in total. The third kappa shape index (κ3) is 1.63. The molecule has 1 heterocycles. The molecule has 2 rings (SSSR count). The van der Waals surface area contributed by atoms with Crippen molar-refractivity contribution in [2.24, 2.45) is 0 Å². The minimum atomic E-state index is -0.109. The topological polar surface area (TPSA) is 33.4 Å². The molecule has 0 aliphatic heterocycles. The van der Waals surface area contributed by atoms with Gasteiger partial charge in [0.25, 0.3) is 0 Å². The molecule has 0 saturated heterocycles. The molecule has 0 fully saturated rings. The first-order valence-corrected chi connectivity index (χ1v) is 4.39. The Hall–Kier alpha value is -1.72. The number of aryl methyl sites for hydroxylation is 1. The Morgan fingerprint density at radius 1 is 1.36 bits per heavy atom. The number of benzene rings is 1. The van der Waals surface area contributed by atoms with E-state index in [4.69, 9.17) is 9.52 Å². The second kappa shape index (κ2) is 3.57. The van der Waals surface area contributed by atoms with E-state index in [2.05, 4.69) is 11.8 Å². The summed E-state index contributed by atoms with van der Waals surface area (Å²) < 4.78 is 5.43. The van der Waals surface area contributed by atoms with Crippen molar-refractivity contribution in [3.8, 4) is 11.8 Å². The number of hydrogen-bond acceptors (Lipinski definition) is 2. The van der Waals surface area contributed by atoms with Gasteiger partial charge in [0.05, 0.1) is 0 Å². The number of rotatable bonds is 0. The smallest absolute Gasteiger partial charge is 0.134 e. The van der Waals surface area contributed by atoms with Crippen LogP contribution in [-0.4, -0.2) is 11.7 Å². The molecule has 70 valence electrons. The first-order valence-electron chi connectivity index (χ1n) is 4.39. The summed E-state index contributed by atoms with van der Waals surface area (Å²) in [6.07, 6.45) is 0. The van der Waals surface area contributed by atoms with Crippen LogP contribution >= 0.6 is 0 Å². The van der Waals surface area contributed by atoms with Gasteiger partial charge in [0.2, 0.25) is 0 Å². The summed E-state index contributed by atoms with van der Waals surface area (Å²) in [7, 11) is 0. The molecule has 2 aromatic rings. The average Bonchev–Trinajstić information content (AvgIpc) is 2.54. The van der Waals surface area contributed by atoms with E-state index in [-0.39, 0.29) is 6.61 Å². The Labute approximate surface area is 82.2 Å². The fourth-order valence-corrected chi connectivity index (χ4v) is 1.40. The van der Waals surface area contributed by atoms with Crippen molar-refractivity contribution in [2.75, 3.05) is 6.61 Å². The highest BCUT2D eigenvalue weighted by molar-refractivity contribution is 5.79. The molecule has 2 heteroatoms. The molecular formula is C12H10O2. The first kappa shape index (κ1) is 8.86. The fraction of sp³-hybridized carbons (Fsp3) is 0.167. The van der Waals surface area contributed by atoms with Crippen LogP contribution in [0.3, 0.4) is 0 Å². The molecule has 0 atom stereocenters. The predicted molar refractivity (Wildman–Crippen MR) is 54.9 cm³/mol. The Morgan fingerprint density at radius 3 is 3.00 bits per heavy atom. The Balaban J connectivity index is 2.50. The minimum absolute atomic E-state index is 0.109. The largest absolute Gasteiger partial charge is 0.461 e. The van der Waals surface area contributed by atoms with Gasteiger partial charge in [-0.05, 0) is 31.2 Å². The predicted octanol–water partition coefficient (Wildman–Crippen LogP) is 2.09. The third-order valence-corrected chi connectivity index (χ3v) is 1.95. The molecule has 2 nitrogen and oxygen atoms in total. The second-order valence-corrected chi connectivity index (χ2v) is 3.07. The number of hydrogen-bond donors (Lipinski definition) is 1. The zero-order chi connectivity index (χ0) is 9.97. The van der Waals surface area contributed by atoms with Crippen LogP contribution in [0.4, 0.5) is 0 Å². The summed E-state index contributed by atoms with van der Waals surface area (Å²) in [6.45, 7) is 1.81. The van der Waals surface area contributed by atoms with Crippen LogP contribution < -0.4 is 0 Å². The Kier molecular flexibility index (Phi) is 2.26. The zero-order valence-corrected chi connectivity index (χ0v) is 7.87. The van der Waals surface area contributed by atoms with Gasteiger partial charge in [-0.25, -0.2) is 0 Å². The summed E-state index contributed by atoms with van der Waals surface area (Å²) >= 11 is 0. The highest BCUT2D eigenvalue weighted by Gasteiger charge is 1.99. The van der Waals surface area contributed by atoms with E-state index < -0.39 is 0 Å². The molecule has 1 aromatic heterocycles. The van der Waals surface area contributed by atoms with Gasteiger partial charge < -0.3 is 9.52 Å². The second-order valence-electron chi connectivity index (χ2n) is 3.07. The van der Waals surface area contributed by atoms with Gasteiger partial charge in [0.15, 0.2) is 0 Å². The molecule has 0 bridgehead atoms. The van der Waals surface area contributed by atoms with Crippen molar-refractivity contribution in [1.82, 2.24) is 0 Å². The van der Waals surface area contributed by atoms with Gasteiger partial charge in [-0.15, -0.1) is 0 Å². The normalized spacial score (nSPS) is 9.86. The maximum atomic E-state index is 8.55. The van der Waals surface area contributed by atoms with Crippen LogP contribution in [0.15, 0.2) is 28.7 Å². The van der Waals surface area contributed by atoms with Gasteiger partial charge in [-0.1, -0.05) is 11.8 Å². The molecule has 1 aromatic carbocycles. The molecular weight excluding hydrogens is 176 g/mol. The van der Waals surface area contributed by atoms with E-state index >= 15 is 0 Å². The zero-order valence-electron chi connectivity index (χ0n) is 7.87. The van der Waals surface area contributed by atoms with Gasteiger partial charge in [-0.2, -0.15) is 0 Å². The van der Waals surface area contributed by atoms with Gasteiger partial charge in [0, 0.05) is 10.9 Å². The minimum Gasteiger partial charge on any atom is -0.461 e. The highest BCUT2D eigenvalue weighted by Crippen LogP contribution is 2.19. The molecule has 14 heavy (non-hydrogen) atoms. The lowest BCUT2D eigenvalue weighted by Gasteiger charge is -1.89. The van der Waals surface area contributed by atoms with E-state index in [0.29, 0.717) is 0 Å². The summed E-state index contributed by atoms with van der Waals surface area (Å²) in [5, 5.41) is 9.60. The summed E-state index contributed by atoms with van der Waals surface area (Å²) in [5.41, 5.74) is 1.77. The molecule has 0 saturated carbocycles. The number of furan rings is 1. The summed E-state index contributed by atoms with van der Waals surface area (Å²) in [4.78, 5) is 0. The van der Waals surface area contributed by atoms with Gasteiger partial charge in [-0.3, -0.25) is 0 Å². The van der Waals surface area contributed by atoms with Gasteiger partial charge >= 0.3 is 0 Å². The van der Waals surface area contributed by atoms with Crippen LogP contribution in [0.2, 0.25) is 0 Å². The molecule has 0 spiro atoms. The van der Waals surface area contributed by atoms with E-state index in [1.54, 1.807) is 0 Å². The van der Waals surface area contributed by atoms with Crippen molar-refractivity contribution in [3.63, 3.8) is 0 Å². The van der Waals surface area contributed by atoms with Crippen LogP contribution in [0.25, 0.3) is 11.0 Å². The quantitative estimate of drug-likeness (QED) is 0.639. The fourth-order valence-electron chi connectivity index (χ4n) is 1.40. The van der Waals surface area contributed by atoms with Crippen LogP contribution in [-0.2, 0) is 0 Å². The lowest BCUT2D eigenvalue weighted by Crippen LogP contribution is -1.75. The van der Waals surface area contributed by atoms with Crippen molar-refractivity contribution >= 4 is 11.0 Å². The van der Waals surface area contributed by atoms with Crippen LogP contribution in [0.1, 0.15) is 11.3 Å². The summed E-state index contributed by atoms with van der Waals surface area (Å²) in [5.74, 6) is 6.36. The molecule has 0 unspecified atom stereocenters. The van der Waals surface area contributed by atoms with Crippen molar-refractivity contribution in [3.05, 3.63) is 35.6 Å². The van der Waals surface area contributed by atoms with Crippen LogP contribution in [0, 0.1) is 18.8 Å². The van der Waals surface area contributed by atoms with E-state index in [0.717, 1.165) is 22.3 Å². The summed E-state index contributed by atoms with van der Waals surface area (Å²) in [6, 6.07) is 7.70.